The molecule has 2 saturated carbocycles. The molecule has 4 nitrogen and oxygen atoms in total. The minimum Gasteiger partial charge on any atom is -0.378 e. The van der Waals surface area contributed by atoms with E-state index in [1.807, 2.05) is 26.8 Å². The average Bonchev–Trinajstić information content (AvgIpc) is 2.57. The lowest BCUT2D eigenvalue weighted by atomic mass is 9.54. The Kier molecular flexibility index (Phi) is 6.42. The summed E-state index contributed by atoms with van der Waals surface area (Å²) in [6.07, 6.45) is 5.28. The zero-order valence-corrected chi connectivity index (χ0v) is 17.0. The molecule has 2 unspecified atom stereocenters. The van der Waals surface area contributed by atoms with Crippen LogP contribution in [0.5, 0.6) is 0 Å². The summed E-state index contributed by atoms with van der Waals surface area (Å²) in [6, 6.07) is 10.6. The molecule has 2 atom stereocenters. The largest absolute Gasteiger partial charge is 0.378 e. The highest BCUT2D eigenvalue weighted by Gasteiger charge is 2.63. The number of carbonyl (C=O) groups excluding carboxylic acids is 1. The molecule has 1 aromatic carbocycles. The van der Waals surface area contributed by atoms with Crippen LogP contribution < -0.4 is 11.1 Å². The van der Waals surface area contributed by atoms with Gasteiger partial charge >= 0.3 is 0 Å². The summed E-state index contributed by atoms with van der Waals surface area (Å²) in [5.41, 5.74) is 6.87. The highest BCUT2D eigenvalue weighted by Crippen LogP contribution is 2.50. The van der Waals surface area contributed by atoms with Gasteiger partial charge in [0, 0.05) is 25.0 Å². The number of carbonyl (C=O) groups is 1. The van der Waals surface area contributed by atoms with Crippen LogP contribution >= 0.6 is 12.4 Å². The second-order valence-electron chi connectivity index (χ2n) is 8.54. The van der Waals surface area contributed by atoms with Crippen molar-refractivity contribution in [1.82, 2.24) is 5.32 Å². The summed E-state index contributed by atoms with van der Waals surface area (Å²) in [7, 11) is 0. The molecular weight excluding hydrogens is 348 g/mol. The first-order valence-electron chi connectivity index (χ1n) is 9.56. The van der Waals surface area contributed by atoms with Crippen molar-refractivity contribution < 1.29 is 9.53 Å². The minimum atomic E-state index is -0.829. The molecule has 1 amide bonds. The van der Waals surface area contributed by atoms with Gasteiger partial charge in [-0.15, -0.1) is 12.4 Å². The maximum atomic E-state index is 12.9. The molecule has 0 spiro atoms. The number of ether oxygens (including phenoxy) is 1. The van der Waals surface area contributed by atoms with E-state index in [4.69, 9.17) is 10.5 Å². The molecule has 2 aliphatic carbocycles. The van der Waals surface area contributed by atoms with Gasteiger partial charge in [0.05, 0.1) is 6.10 Å². The maximum Gasteiger partial charge on any atom is 0.240 e. The van der Waals surface area contributed by atoms with Crippen LogP contribution in [0.2, 0.25) is 0 Å². The monoisotopic (exact) mass is 380 g/mol. The molecule has 0 radical (unpaired) electrons. The molecule has 1 aromatic rings. The third-order valence-electron chi connectivity index (χ3n) is 6.70. The second kappa shape index (κ2) is 7.87. The standard InChI is InChI=1S/C21H32N2O2.ClH/c1-4-25-17-14-21(22,19(17,2)3)18(24)23-15-20(11-8-12-20)13-16-9-6-5-7-10-16;/h5-7,9-10,17H,4,8,11-15,22H2,1-3H3,(H,23,24);1H. The lowest BCUT2D eigenvalue weighted by Crippen LogP contribution is -2.76. The molecule has 26 heavy (non-hydrogen) atoms. The summed E-state index contributed by atoms with van der Waals surface area (Å²) in [4.78, 5) is 12.9. The normalized spacial score (nSPS) is 28.2. The van der Waals surface area contributed by atoms with Gasteiger partial charge in [0.15, 0.2) is 0 Å². The summed E-state index contributed by atoms with van der Waals surface area (Å²) in [5, 5.41) is 3.19. The van der Waals surface area contributed by atoms with E-state index >= 15 is 0 Å². The number of hydrogen-bond acceptors (Lipinski definition) is 3. The Morgan fingerprint density at radius 2 is 1.92 bits per heavy atom. The Hall–Kier alpha value is -1.10. The Morgan fingerprint density at radius 3 is 2.42 bits per heavy atom. The molecule has 0 aliphatic heterocycles. The van der Waals surface area contributed by atoms with Crippen LogP contribution in [0.25, 0.3) is 0 Å². The fourth-order valence-corrected chi connectivity index (χ4v) is 4.37. The molecule has 0 heterocycles. The van der Waals surface area contributed by atoms with Gasteiger partial charge in [-0.1, -0.05) is 50.6 Å². The van der Waals surface area contributed by atoms with Crippen LogP contribution in [0, 0.1) is 10.8 Å². The minimum absolute atomic E-state index is 0. The Balaban J connectivity index is 0.00000243. The number of rotatable bonds is 7. The van der Waals surface area contributed by atoms with Crippen LogP contribution in [-0.4, -0.2) is 30.7 Å². The van der Waals surface area contributed by atoms with Gasteiger partial charge in [0.1, 0.15) is 5.54 Å². The smallest absolute Gasteiger partial charge is 0.240 e. The first-order chi connectivity index (χ1) is 11.8. The van der Waals surface area contributed by atoms with Gasteiger partial charge in [0.25, 0.3) is 0 Å². The molecule has 2 aliphatic rings. The molecule has 0 bridgehead atoms. The topological polar surface area (TPSA) is 64.3 Å². The van der Waals surface area contributed by atoms with Crippen molar-refractivity contribution in [3.63, 3.8) is 0 Å². The van der Waals surface area contributed by atoms with Crippen LogP contribution in [0.15, 0.2) is 30.3 Å². The lowest BCUT2D eigenvalue weighted by Gasteiger charge is -2.58. The first kappa shape index (κ1) is 21.2. The lowest BCUT2D eigenvalue weighted by molar-refractivity contribution is -0.171. The molecule has 3 N–H and O–H groups in total. The van der Waals surface area contributed by atoms with E-state index in [1.165, 1.54) is 24.8 Å². The predicted molar refractivity (Wildman–Crippen MR) is 107 cm³/mol. The summed E-state index contributed by atoms with van der Waals surface area (Å²) < 4.78 is 5.74. The number of hydrogen-bond donors (Lipinski definition) is 2. The van der Waals surface area contributed by atoms with E-state index < -0.39 is 5.54 Å². The van der Waals surface area contributed by atoms with Crippen LogP contribution in [-0.2, 0) is 16.0 Å². The number of amides is 1. The van der Waals surface area contributed by atoms with Gasteiger partial charge in [-0.3, -0.25) is 4.79 Å². The quantitative estimate of drug-likeness (QED) is 0.761. The van der Waals surface area contributed by atoms with Crippen molar-refractivity contribution in [2.75, 3.05) is 13.2 Å². The van der Waals surface area contributed by atoms with Gasteiger partial charge in [0.2, 0.25) is 5.91 Å². The van der Waals surface area contributed by atoms with Gasteiger partial charge in [-0.2, -0.15) is 0 Å². The second-order valence-corrected chi connectivity index (χ2v) is 8.54. The highest BCUT2D eigenvalue weighted by molar-refractivity contribution is 5.88. The average molecular weight is 381 g/mol. The number of nitrogens with one attached hydrogen (secondary N) is 1. The van der Waals surface area contributed by atoms with E-state index in [-0.39, 0.29) is 35.2 Å². The highest BCUT2D eigenvalue weighted by atomic mass is 35.5. The molecule has 2 fully saturated rings. The van der Waals surface area contributed by atoms with Crippen molar-refractivity contribution in [2.24, 2.45) is 16.6 Å². The fraction of sp³-hybridized carbons (Fsp3) is 0.667. The van der Waals surface area contributed by atoms with Gasteiger partial charge < -0.3 is 15.8 Å². The SMILES string of the molecule is CCOC1CC(N)(C(=O)NCC2(Cc3ccccc3)CCC2)C1(C)C.Cl. The molecule has 146 valence electrons. The van der Waals surface area contributed by atoms with Crippen LogP contribution in [0.1, 0.15) is 52.0 Å². The van der Waals surface area contributed by atoms with Crippen LogP contribution in [0.4, 0.5) is 0 Å². The van der Waals surface area contributed by atoms with E-state index in [0.29, 0.717) is 13.0 Å². The molecule has 3 rings (SSSR count). The van der Waals surface area contributed by atoms with Gasteiger partial charge in [-0.05, 0) is 37.2 Å². The van der Waals surface area contributed by atoms with E-state index in [9.17, 15) is 4.79 Å². The Labute approximate surface area is 163 Å². The molecule has 0 aromatic heterocycles. The van der Waals surface area contributed by atoms with Crippen LogP contribution in [0.3, 0.4) is 0 Å². The maximum absolute atomic E-state index is 12.9. The first-order valence-corrected chi connectivity index (χ1v) is 9.56. The zero-order valence-electron chi connectivity index (χ0n) is 16.2. The van der Waals surface area contributed by atoms with E-state index in [1.54, 1.807) is 0 Å². The van der Waals surface area contributed by atoms with Crippen molar-refractivity contribution in [2.45, 2.75) is 64.5 Å². The third-order valence-corrected chi connectivity index (χ3v) is 6.70. The van der Waals surface area contributed by atoms with E-state index in [2.05, 4.69) is 29.6 Å². The molecule has 0 saturated heterocycles. The Bertz CT molecular complexity index is 616. The number of nitrogens with two attached hydrogens (primary N) is 1. The van der Waals surface area contributed by atoms with Crippen molar-refractivity contribution in [3.05, 3.63) is 35.9 Å². The van der Waals surface area contributed by atoms with Crippen molar-refractivity contribution in [3.8, 4) is 0 Å². The molecule has 5 heteroatoms. The van der Waals surface area contributed by atoms with Crippen molar-refractivity contribution in [1.29, 1.82) is 0 Å². The summed E-state index contributed by atoms with van der Waals surface area (Å²) in [5.74, 6) is -0.0206. The summed E-state index contributed by atoms with van der Waals surface area (Å²) >= 11 is 0. The Morgan fingerprint density at radius 1 is 1.27 bits per heavy atom. The third kappa shape index (κ3) is 3.64. The number of benzene rings is 1. The predicted octanol–water partition coefficient (Wildman–Crippen LogP) is 3.47. The molecular formula is C21H33ClN2O2. The van der Waals surface area contributed by atoms with Crippen molar-refractivity contribution >= 4 is 18.3 Å². The van der Waals surface area contributed by atoms with E-state index in [0.717, 1.165) is 13.0 Å². The number of halogens is 1. The zero-order chi connectivity index (χ0) is 18.1. The fourth-order valence-electron chi connectivity index (χ4n) is 4.37. The summed E-state index contributed by atoms with van der Waals surface area (Å²) in [6.45, 7) is 7.44. The van der Waals surface area contributed by atoms with Gasteiger partial charge in [-0.25, -0.2) is 0 Å².